The standard InChI is InChI=1S/C14H19F4N3S/c1-19-13(20-6-3-7-22-2)21-9-10-4-5-11(15)8-12(10)14(16,17)18/h4-5,8H,3,6-7,9H2,1-2H3,(H2,19,20,21). The van der Waals surface area contributed by atoms with Crippen LogP contribution in [-0.2, 0) is 12.7 Å². The fourth-order valence-electron chi connectivity index (χ4n) is 1.79. The Labute approximate surface area is 131 Å². The van der Waals surface area contributed by atoms with Gasteiger partial charge in [-0.1, -0.05) is 6.07 Å². The molecule has 0 amide bonds. The van der Waals surface area contributed by atoms with Crippen LogP contribution in [-0.4, -0.2) is 31.6 Å². The monoisotopic (exact) mass is 337 g/mol. The van der Waals surface area contributed by atoms with Crippen molar-refractivity contribution >= 4 is 17.7 Å². The lowest BCUT2D eigenvalue weighted by atomic mass is 10.1. The minimum Gasteiger partial charge on any atom is -0.356 e. The van der Waals surface area contributed by atoms with Crippen molar-refractivity contribution in [1.82, 2.24) is 10.6 Å². The van der Waals surface area contributed by atoms with Gasteiger partial charge in [0.25, 0.3) is 0 Å². The molecule has 0 bridgehead atoms. The summed E-state index contributed by atoms with van der Waals surface area (Å²) in [5.74, 6) is 0.495. The van der Waals surface area contributed by atoms with Gasteiger partial charge in [0.05, 0.1) is 5.56 Å². The first-order valence-corrected chi connectivity index (χ1v) is 8.07. The topological polar surface area (TPSA) is 36.4 Å². The van der Waals surface area contributed by atoms with Crippen LogP contribution < -0.4 is 10.6 Å². The maximum atomic E-state index is 13.0. The largest absolute Gasteiger partial charge is 0.416 e. The van der Waals surface area contributed by atoms with Gasteiger partial charge in [0.15, 0.2) is 5.96 Å². The zero-order valence-electron chi connectivity index (χ0n) is 12.4. The number of halogens is 4. The first kappa shape index (κ1) is 18.6. The van der Waals surface area contributed by atoms with Crippen molar-refractivity contribution in [3.05, 3.63) is 35.1 Å². The number of rotatable bonds is 6. The van der Waals surface area contributed by atoms with Crippen LogP contribution in [0.25, 0.3) is 0 Å². The summed E-state index contributed by atoms with van der Waals surface area (Å²) in [5.41, 5.74) is -1.00. The molecule has 8 heteroatoms. The Morgan fingerprint density at radius 3 is 2.59 bits per heavy atom. The summed E-state index contributed by atoms with van der Waals surface area (Å²) in [5, 5.41) is 5.82. The summed E-state index contributed by atoms with van der Waals surface area (Å²) in [4.78, 5) is 3.94. The molecule has 3 nitrogen and oxygen atoms in total. The Morgan fingerprint density at radius 2 is 2.00 bits per heavy atom. The molecular formula is C14H19F4N3S. The Bertz CT molecular complexity index is 503. The maximum absolute atomic E-state index is 13.0. The summed E-state index contributed by atoms with van der Waals surface area (Å²) in [6.07, 6.45) is -1.67. The van der Waals surface area contributed by atoms with E-state index in [2.05, 4.69) is 15.6 Å². The van der Waals surface area contributed by atoms with Crippen LogP contribution in [0, 0.1) is 5.82 Å². The van der Waals surface area contributed by atoms with Gasteiger partial charge in [-0.25, -0.2) is 4.39 Å². The lowest BCUT2D eigenvalue weighted by Gasteiger charge is -2.15. The van der Waals surface area contributed by atoms with Crippen molar-refractivity contribution in [3.63, 3.8) is 0 Å². The summed E-state index contributed by atoms with van der Waals surface area (Å²) in [7, 11) is 1.54. The molecule has 0 spiro atoms. The van der Waals surface area contributed by atoms with E-state index < -0.39 is 17.6 Å². The number of hydrogen-bond acceptors (Lipinski definition) is 2. The quantitative estimate of drug-likeness (QED) is 0.362. The van der Waals surface area contributed by atoms with Crippen LogP contribution in [0.3, 0.4) is 0 Å². The second kappa shape index (κ2) is 8.87. The average molecular weight is 337 g/mol. The number of guanidine groups is 1. The van der Waals surface area contributed by atoms with E-state index in [1.165, 1.54) is 0 Å². The van der Waals surface area contributed by atoms with E-state index in [0.29, 0.717) is 18.6 Å². The molecule has 22 heavy (non-hydrogen) atoms. The molecule has 0 aliphatic heterocycles. The third-order valence-electron chi connectivity index (χ3n) is 2.86. The second-order valence-corrected chi connectivity index (χ2v) is 5.48. The van der Waals surface area contributed by atoms with Gasteiger partial charge in [0, 0.05) is 20.1 Å². The van der Waals surface area contributed by atoms with Crippen molar-refractivity contribution < 1.29 is 17.6 Å². The number of benzene rings is 1. The van der Waals surface area contributed by atoms with Gasteiger partial charge in [0.1, 0.15) is 5.82 Å². The van der Waals surface area contributed by atoms with E-state index in [0.717, 1.165) is 24.3 Å². The molecule has 0 heterocycles. The number of nitrogens with zero attached hydrogens (tertiary/aromatic N) is 1. The van der Waals surface area contributed by atoms with Gasteiger partial charge in [-0.05, 0) is 36.1 Å². The third-order valence-corrected chi connectivity index (χ3v) is 3.56. The molecule has 0 aliphatic rings. The van der Waals surface area contributed by atoms with E-state index in [1.54, 1.807) is 18.8 Å². The van der Waals surface area contributed by atoms with Crippen LogP contribution in [0.15, 0.2) is 23.2 Å². The first-order valence-electron chi connectivity index (χ1n) is 6.67. The number of aliphatic imine (C=N–C) groups is 1. The molecule has 1 aromatic rings. The van der Waals surface area contributed by atoms with Gasteiger partial charge >= 0.3 is 6.18 Å². The molecule has 0 fully saturated rings. The molecule has 124 valence electrons. The zero-order valence-corrected chi connectivity index (χ0v) is 13.2. The highest BCUT2D eigenvalue weighted by molar-refractivity contribution is 7.98. The number of hydrogen-bond donors (Lipinski definition) is 2. The van der Waals surface area contributed by atoms with Crippen LogP contribution >= 0.6 is 11.8 Å². The summed E-state index contributed by atoms with van der Waals surface area (Å²) in [6.45, 7) is 0.591. The Hall–Kier alpha value is -1.44. The summed E-state index contributed by atoms with van der Waals surface area (Å²) < 4.78 is 51.7. The number of thioether (sulfide) groups is 1. The number of alkyl halides is 3. The van der Waals surface area contributed by atoms with Crippen molar-refractivity contribution in [1.29, 1.82) is 0 Å². The predicted molar refractivity (Wildman–Crippen MR) is 82.6 cm³/mol. The Morgan fingerprint density at radius 1 is 1.27 bits per heavy atom. The smallest absolute Gasteiger partial charge is 0.356 e. The second-order valence-electron chi connectivity index (χ2n) is 4.50. The van der Waals surface area contributed by atoms with Gasteiger partial charge in [-0.3, -0.25) is 4.99 Å². The Kier molecular flexibility index (Phi) is 7.50. The first-order chi connectivity index (χ1) is 10.4. The van der Waals surface area contributed by atoms with Gasteiger partial charge in [-0.2, -0.15) is 24.9 Å². The van der Waals surface area contributed by atoms with Crippen LogP contribution in [0.5, 0.6) is 0 Å². The van der Waals surface area contributed by atoms with Crippen molar-refractivity contribution in [2.45, 2.75) is 19.1 Å². The SMILES string of the molecule is CN=C(NCCCSC)NCc1ccc(F)cc1C(F)(F)F. The molecule has 0 atom stereocenters. The van der Waals surface area contributed by atoms with Crippen LogP contribution in [0.1, 0.15) is 17.5 Å². The lowest BCUT2D eigenvalue weighted by molar-refractivity contribution is -0.138. The van der Waals surface area contributed by atoms with Crippen LogP contribution in [0.2, 0.25) is 0 Å². The van der Waals surface area contributed by atoms with Gasteiger partial charge < -0.3 is 10.6 Å². The highest BCUT2D eigenvalue weighted by atomic mass is 32.2. The normalized spacial score (nSPS) is 12.4. The summed E-state index contributed by atoms with van der Waals surface area (Å²) in [6, 6.07) is 2.65. The lowest BCUT2D eigenvalue weighted by Crippen LogP contribution is -2.37. The highest BCUT2D eigenvalue weighted by Gasteiger charge is 2.33. The molecule has 0 aromatic heterocycles. The van der Waals surface area contributed by atoms with Gasteiger partial charge in [0.2, 0.25) is 0 Å². The highest BCUT2D eigenvalue weighted by Crippen LogP contribution is 2.32. The van der Waals surface area contributed by atoms with Crippen molar-refractivity contribution in [2.24, 2.45) is 4.99 Å². The predicted octanol–water partition coefficient (Wildman–Crippen LogP) is 3.26. The molecule has 0 saturated heterocycles. The maximum Gasteiger partial charge on any atom is 0.416 e. The summed E-state index contributed by atoms with van der Waals surface area (Å²) >= 11 is 1.72. The van der Waals surface area contributed by atoms with E-state index >= 15 is 0 Å². The molecule has 2 N–H and O–H groups in total. The van der Waals surface area contributed by atoms with E-state index in [-0.39, 0.29) is 12.1 Å². The molecular weight excluding hydrogens is 318 g/mol. The minimum absolute atomic E-state index is 0.0269. The average Bonchev–Trinajstić information content (AvgIpc) is 2.46. The molecule has 0 saturated carbocycles. The fourth-order valence-corrected chi connectivity index (χ4v) is 2.22. The molecule has 0 aliphatic carbocycles. The molecule has 0 radical (unpaired) electrons. The fraction of sp³-hybridized carbons (Fsp3) is 0.500. The zero-order chi connectivity index (χ0) is 16.6. The van der Waals surface area contributed by atoms with Gasteiger partial charge in [-0.15, -0.1) is 0 Å². The molecule has 1 aromatic carbocycles. The van der Waals surface area contributed by atoms with E-state index in [1.807, 2.05) is 6.26 Å². The van der Waals surface area contributed by atoms with Crippen LogP contribution in [0.4, 0.5) is 17.6 Å². The third kappa shape index (κ3) is 6.13. The molecule has 0 unspecified atom stereocenters. The van der Waals surface area contributed by atoms with Crippen molar-refractivity contribution in [2.75, 3.05) is 25.6 Å². The van der Waals surface area contributed by atoms with E-state index in [4.69, 9.17) is 0 Å². The Balaban J connectivity index is 2.67. The van der Waals surface area contributed by atoms with E-state index in [9.17, 15) is 17.6 Å². The molecule has 1 rings (SSSR count). The minimum atomic E-state index is -4.59. The number of nitrogens with one attached hydrogen (secondary N) is 2. The van der Waals surface area contributed by atoms with Crippen molar-refractivity contribution in [3.8, 4) is 0 Å².